The number of rotatable bonds is 8. The van der Waals surface area contributed by atoms with Crippen LogP contribution in [-0.2, 0) is 0 Å². The number of aromatic nitrogens is 8. The topological polar surface area (TPSA) is 103 Å². The average molecular weight is 819 g/mol. The van der Waals surface area contributed by atoms with E-state index in [4.69, 9.17) is 29.9 Å². The molecule has 0 aliphatic carbocycles. The number of hydrogen-bond donors (Lipinski definition) is 0. The summed E-state index contributed by atoms with van der Waals surface area (Å²) in [5, 5.41) is 6.42. The summed E-state index contributed by atoms with van der Waals surface area (Å²) in [6.45, 7) is 0. The van der Waals surface area contributed by atoms with Gasteiger partial charge >= 0.3 is 0 Å². The predicted octanol–water partition coefficient (Wildman–Crippen LogP) is 13.1. The fourth-order valence-corrected chi connectivity index (χ4v) is 8.72. The summed E-state index contributed by atoms with van der Waals surface area (Å²) >= 11 is 0. The Bertz CT molecular complexity index is 3270. The Labute approximate surface area is 368 Å². The Kier molecular flexibility index (Phi) is 8.97. The second kappa shape index (κ2) is 15.5. The zero-order valence-corrected chi connectivity index (χ0v) is 34.2. The minimum atomic E-state index is 0.463. The SMILES string of the molecule is c1ccc(-c2nc(-c3ccccc3)nc(-c3cc(-c4ccccc4)c4ccc5c(-c6nc(-c7ccccn7)nc(-c7ccccn7)n6)cc(-c6ccccc6)c6ccc3c4c65)n2)cc1. The highest BCUT2D eigenvalue weighted by Gasteiger charge is 2.24. The monoisotopic (exact) mass is 818 g/mol. The van der Waals surface area contributed by atoms with Crippen LogP contribution in [0.15, 0.2) is 207 Å². The second-order valence-corrected chi connectivity index (χ2v) is 15.5. The van der Waals surface area contributed by atoms with E-state index in [9.17, 15) is 0 Å². The van der Waals surface area contributed by atoms with Gasteiger partial charge in [-0.15, -0.1) is 0 Å². The zero-order chi connectivity index (χ0) is 42.4. The maximum atomic E-state index is 5.26. The summed E-state index contributed by atoms with van der Waals surface area (Å²) in [6, 6.07) is 66.2. The van der Waals surface area contributed by atoms with E-state index in [1.807, 2.05) is 103 Å². The molecule has 8 aromatic carbocycles. The first-order chi connectivity index (χ1) is 31.7. The van der Waals surface area contributed by atoms with E-state index < -0.39 is 0 Å². The van der Waals surface area contributed by atoms with Gasteiger partial charge in [-0.2, -0.15) is 0 Å². The predicted molar refractivity (Wildman–Crippen MR) is 256 cm³/mol. The summed E-state index contributed by atoms with van der Waals surface area (Å²) in [7, 11) is 0. The molecule has 8 heteroatoms. The largest absolute Gasteiger partial charge is 0.253 e. The lowest BCUT2D eigenvalue weighted by Gasteiger charge is -2.21. The summed E-state index contributed by atoms with van der Waals surface area (Å²) in [6.07, 6.45) is 3.51. The lowest BCUT2D eigenvalue weighted by atomic mass is 9.83. The van der Waals surface area contributed by atoms with Crippen molar-refractivity contribution in [3.05, 3.63) is 207 Å². The summed E-state index contributed by atoms with van der Waals surface area (Å²) in [5.41, 5.74) is 9.16. The minimum absolute atomic E-state index is 0.463. The molecule has 0 spiro atoms. The number of pyridine rings is 2. The van der Waals surface area contributed by atoms with Gasteiger partial charge in [0.2, 0.25) is 0 Å². The van der Waals surface area contributed by atoms with Crippen molar-refractivity contribution in [2.24, 2.45) is 0 Å². The molecule has 0 radical (unpaired) electrons. The summed E-state index contributed by atoms with van der Waals surface area (Å²) in [4.78, 5) is 40.2. The first kappa shape index (κ1) is 36.9. The molecule has 0 aliphatic heterocycles. The van der Waals surface area contributed by atoms with Crippen LogP contribution in [0.2, 0.25) is 0 Å². The Morgan fingerprint density at radius 3 is 0.922 bits per heavy atom. The molecule has 12 rings (SSSR count). The molecule has 0 saturated heterocycles. The van der Waals surface area contributed by atoms with Crippen LogP contribution in [0.3, 0.4) is 0 Å². The maximum absolute atomic E-state index is 5.26. The van der Waals surface area contributed by atoms with E-state index in [-0.39, 0.29) is 0 Å². The molecule has 0 bridgehead atoms. The van der Waals surface area contributed by atoms with E-state index in [2.05, 4.69) is 101 Å². The van der Waals surface area contributed by atoms with Crippen molar-refractivity contribution in [2.45, 2.75) is 0 Å². The fourth-order valence-electron chi connectivity index (χ4n) is 8.72. The molecule has 4 heterocycles. The van der Waals surface area contributed by atoms with E-state index in [1.165, 1.54) is 0 Å². The van der Waals surface area contributed by atoms with Crippen molar-refractivity contribution in [1.82, 2.24) is 39.9 Å². The molecule has 298 valence electrons. The van der Waals surface area contributed by atoms with Crippen molar-refractivity contribution in [1.29, 1.82) is 0 Å². The highest BCUT2D eigenvalue weighted by molar-refractivity contribution is 6.31. The molecule has 8 nitrogen and oxygen atoms in total. The van der Waals surface area contributed by atoms with Gasteiger partial charge < -0.3 is 0 Å². The van der Waals surface area contributed by atoms with Gasteiger partial charge in [0.05, 0.1) is 0 Å². The third-order valence-corrected chi connectivity index (χ3v) is 11.7. The van der Waals surface area contributed by atoms with E-state index >= 15 is 0 Å². The van der Waals surface area contributed by atoms with E-state index in [1.54, 1.807) is 12.4 Å². The van der Waals surface area contributed by atoms with Crippen molar-refractivity contribution in [2.75, 3.05) is 0 Å². The lowest BCUT2D eigenvalue weighted by Crippen LogP contribution is -2.03. The molecule has 0 atom stereocenters. The quantitative estimate of drug-likeness (QED) is 0.140. The van der Waals surface area contributed by atoms with Crippen LogP contribution in [0, 0.1) is 0 Å². The third-order valence-electron chi connectivity index (χ3n) is 11.7. The van der Waals surface area contributed by atoms with Gasteiger partial charge in [-0.1, -0.05) is 158 Å². The fraction of sp³-hybridized carbons (Fsp3) is 0. The summed E-state index contributed by atoms with van der Waals surface area (Å²) < 4.78 is 0. The smallest absolute Gasteiger partial charge is 0.182 e. The molecule has 0 saturated carbocycles. The Morgan fingerprint density at radius 1 is 0.234 bits per heavy atom. The Morgan fingerprint density at radius 2 is 0.547 bits per heavy atom. The van der Waals surface area contributed by atoms with Crippen molar-refractivity contribution in [3.8, 4) is 90.8 Å². The lowest BCUT2D eigenvalue weighted by molar-refractivity contribution is 1.05. The van der Waals surface area contributed by atoms with Gasteiger partial charge in [-0.05, 0) is 91.0 Å². The number of hydrogen-bond acceptors (Lipinski definition) is 8. The first-order valence-corrected chi connectivity index (χ1v) is 21.1. The van der Waals surface area contributed by atoms with Gasteiger partial charge in [0.25, 0.3) is 0 Å². The second-order valence-electron chi connectivity index (χ2n) is 15.5. The highest BCUT2D eigenvalue weighted by atomic mass is 15.1. The van der Waals surface area contributed by atoms with E-state index in [0.29, 0.717) is 46.3 Å². The molecule has 0 amide bonds. The zero-order valence-electron chi connectivity index (χ0n) is 34.2. The first-order valence-electron chi connectivity index (χ1n) is 21.1. The van der Waals surface area contributed by atoms with Crippen LogP contribution < -0.4 is 0 Å². The van der Waals surface area contributed by atoms with E-state index in [0.717, 1.165) is 76.8 Å². The molecule has 0 N–H and O–H groups in total. The highest BCUT2D eigenvalue weighted by Crippen LogP contribution is 2.48. The van der Waals surface area contributed by atoms with Gasteiger partial charge in [0, 0.05) is 34.6 Å². The van der Waals surface area contributed by atoms with Crippen LogP contribution in [0.25, 0.3) is 123 Å². The molecule has 0 aliphatic rings. The Balaban J connectivity index is 1.21. The van der Waals surface area contributed by atoms with Crippen LogP contribution in [-0.4, -0.2) is 39.9 Å². The molecule has 64 heavy (non-hydrogen) atoms. The molecule has 0 unspecified atom stereocenters. The molecular weight excluding hydrogens is 785 g/mol. The normalized spacial score (nSPS) is 11.4. The van der Waals surface area contributed by atoms with Crippen LogP contribution in [0.5, 0.6) is 0 Å². The van der Waals surface area contributed by atoms with Crippen molar-refractivity contribution < 1.29 is 0 Å². The van der Waals surface area contributed by atoms with Gasteiger partial charge in [0.1, 0.15) is 11.4 Å². The van der Waals surface area contributed by atoms with Gasteiger partial charge in [-0.25, -0.2) is 29.9 Å². The minimum Gasteiger partial charge on any atom is -0.253 e. The van der Waals surface area contributed by atoms with Gasteiger partial charge in [0.15, 0.2) is 34.9 Å². The number of nitrogens with zero attached hydrogens (tertiary/aromatic N) is 8. The molecule has 0 fully saturated rings. The Hall–Kier alpha value is -8.88. The van der Waals surface area contributed by atoms with Crippen LogP contribution >= 0.6 is 0 Å². The molecular formula is C56H34N8. The van der Waals surface area contributed by atoms with Crippen molar-refractivity contribution in [3.63, 3.8) is 0 Å². The molecule has 4 aromatic heterocycles. The molecule has 12 aromatic rings. The average Bonchev–Trinajstić information content (AvgIpc) is 3.39. The maximum Gasteiger partial charge on any atom is 0.182 e. The summed E-state index contributed by atoms with van der Waals surface area (Å²) in [5.74, 6) is 3.24. The third kappa shape index (κ3) is 6.49. The standard InChI is InChI=1S/C56H34N8/c1-5-17-35(18-6-1)43-33-45(53-60-51(37-21-9-3-10-22-37)59-52(61-53)38-23-11-4-12-24-38)41-29-27-40-44(36-19-7-2-8-20-36)34-46(42-30-28-39(43)49(41)50(40)42)54-62-55(47-25-13-15-31-57-47)64-56(63-54)48-26-14-16-32-58-48/h1-34H. The van der Waals surface area contributed by atoms with Gasteiger partial charge in [-0.3, -0.25) is 9.97 Å². The van der Waals surface area contributed by atoms with Crippen LogP contribution in [0.1, 0.15) is 0 Å². The van der Waals surface area contributed by atoms with Crippen molar-refractivity contribution >= 4 is 32.3 Å². The van der Waals surface area contributed by atoms with Crippen LogP contribution in [0.4, 0.5) is 0 Å². The number of benzene rings is 8.